The molecule has 124 valence electrons. The standard InChI is InChI=1S/C19H20N2O3/c1-14(23)20-17-10-7-15(8-11-17)9-12-19(24)21-18(13-22)16-5-3-2-4-6-16/h2-12,18,22H,13H2,1H3,(H,20,23)(H,21,24)/b12-9+/t18-/m1/s1. The van der Waals surface area contributed by atoms with Gasteiger partial charge >= 0.3 is 0 Å². The van der Waals surface area contributed by atoms with Gasteiger partial charge in [-0.1, -0.05) is 42.5 Å². The lowest BCUT2D eigenvalue weighted by Gasteiger charge is -2.15. The normalized spacial score (nSPS) is 11.9. The number of nitrogens with one attached hydrogen (secondary N) is 2. The minimum absolute atomic E-state index is 0.131. The quantitative estimate of drug-likeness (QED) is 0.714. The molecule has 0 heterocycles. The van der Waals surface area contributed by atoms with Gasteiger partial charge in [0.2, 0.25) is 11.8 Å². The maximum atomic E-state index is 12.0. The third-order valence-electron chi connectivity index (χ3n) is 3.36. The number of benzene rings is 2. The second kappa shape index (κ2) is 8.64. The molecule has 1 atom stereocenters. The van der Waals surface area contributed by atoms with Crippen LogP contribution in [0, 0.1) is 0 Å². The molecule has 0 aliphatic rings. The van der Waals surface area contributed by atoms with Crippen molar-refractivity contribution >= 4 is 23.6 Å². The molecule has 2 amide bonds. The molecule has 0 saturated heterocycles. The first-order valence-corrected chi connectivity index (χ1v) is 7.60. The highest BCUT2D eigenvalue weighted by atomic mass is 16.3. The third-order valence-corrected chi connectivity index (χ3v) is 3.36. The molecule has 0 aliphatic carbocycles. The molecule has 3 N–H and O–H groups in total. The van der Waals surface area contributed by atoms with Crippen LogP contribution in [-0.4, -0.2) is 23.5 Å². The molecule has 0 aliphatic heterocycles. The summed E-state index contributed by atoms with van der Waals surface area (Å²) in [6.07, 6.45) is 3.09. The fourth-order valence-corrected chi connectivity index (χ4v) is 2.19. The Kier molecular flexibility index (Phi) is 6.28. The van der Waals surface area contributed by atoms with Crippen molar-refractivity contribution in [2.45, 2.75) is 13.0 Å². The Labute approximate surface area is 141 Å². The van der Waals surface area contributed by atoms with Crippen molar-refractivity contribution in [3.05, 3.63) is 71.8 Å². The van der Waals surface area contributed by atoms with Crippen molar-refractivity contribution in [3.8, 4) is 0 Å². The van der Waals surface area contributed by atoms with Crippen molar-refractivity contribution in [1.82, 2.24) is 5.32 Å². The van der Waals surface area contributed by atoms with E-state index in [-0.39, 0.29) is 18.4 Å². The number of anilines is 1. The average Bonchev–Trinajstić information content (AvgIpc) is 2.59. The van der Waals surface area contributed by atoms with Gasteiger partial charge in [-0.05, 0) is 29.3 Å². The van der Waals surface area contributed by atoms with Crippen LogP contribution in [0.4, 0.5) is 5.69 Å². The second-order valence-electron chi connectivity index (χ2n) is 5.29. The lowest BCUT2D eigenvalue weighted by molar-refractivity contribution is -0.117. The van der Waals surface area contributed by atoms with Gasteiger partial charge in [-0.3, -0.25) is 9.59 Å². The summed E-state index contributed by atoms with van der Waals surface area (Å²) in [4.78, 5) is 23.0. The van der Waals surface area contributed by atoms with Crippen LogP contribution in [0.1, 0.15) is 24.1 Å². The molecule has 2 rings (SSSR count). The zero-order chi connectivity index (χ0) is 17.4. The molecule has 2 aromatic rings. The maximum Gasteiger partial charge on any atom is 0.244 e. The smallest absolute Gasteiger partial charge is 0.244 e. The minimum atomic E-state index is -0.439. The lowest BCUT2D eigenvalue weighted by Crippen LogP contribution is -2.29. The van der Waals surface area contributed by atoms with E-state index in [1.54, 1.807) is 30.3 Å². The van der Waals surface area contributed by atoms with E-state index in [2.05, 4.69) is 10.6 Å². The van der Waals surface area contributed by atoms with Crippen LogP contribution in [0.3, 0.4) is 0 Å². The SMILES string of the molecule is CC(=O)Nc1ccc(/C=C/C(=O)N[C@H](CO)c2ccccc2)cc1. The first kappa shape index (κ1) is 17.4. The Bertz CT molecular complexity index is 709. The summed E-state index contributed by atoms with van der Waals surface area (Å²) in [5, 5.41) is 14.9. The van der Waals surface area contributed by atoms with Gasteiger partial charge < -0.3 is 15.7 Å². The Morgan fingerprint density at radius 1 is 1.08 bits per heavy atom. The molecule has 0 radical (unpaired) electrons. The van der Waals surface area contributed by atoms with Crippen LogP contribution in [-0.2, 0) is 9.59 Å². The zero-order valence-electron chi connectivity index (χ0n) is 13.4. The number of aliphatic hydroxyl groups is 1. The van der Waals surface area contributed by atoms with Crippen LogP contribution >= 0.6 is 0 Å². The first-order valence-electron chi connectivity index (χ1n) is 7.60. The monoisotopic (exact) mass is 324 g/mol. The van der Waals surface area contributed by atoms with E-state index in [1.807, 2.05) is 30.3 Å². The van der Waals surface area contributed by atoms with E-state index in [1.165, 1.54) is 13.0 Å². The number of aliphatic hydroxyl groups excluding tert-OH is 1. The number of rotatable bonds is 6. The van der Waals surface area contributed by atoms with Crippen molar-refractivity contribution in [1.29, 1.82) is 0 Å². The molecule has 5 heteroatoms. The molecule has 0 aromatic heterocycles. The molecule has 0 bridgehead atoms. The van der Waals surface area contributed by atoms with Crippen molar-refractivity contribution < 1.29 is 14.7 Å². The Balaban J connectivity index is 1.95. The predicted octanol–water partition coefficient (Wildman–Crippen LogP) is 2.51. The van der Waals surface area contributed by atoms with Gasteiger partial charge in [0.25, 0.3) is 0 Å². The molecule has 0 unspecified atom stereocenters. The number of carbonyl (C=O) groups excluding carboxylic acids is 2. The van der Waals surface area contributed by atoms with Crippen molar-refractivity contribution in [3.63, 3.8) is 0 Å². The Morgan fingerprint density at radius 3 is 2.33 bits per heavy atom. The number of amides is 2. The van der Waals surface area contributed by atoms with Crippen LogP contribution in [0.25, 0.3) is 6.08 Å². The molecular weight excluding hydrogens is 304 g/mol. The Hall–Kier alpha value is -2.92. The van der Waals surface area contributed by atoms with E-state index in [0.717, 1.165) is 11.1 Å². The van der Waals surface area contributed by atoms with Gasteiger partial charge in [-0.15, -0.1) is 0 Å². The molecule has 24 heavy (non-hydrogen) atoms. The van der Waals surface area contributed by atoms with Crippen molar-refractivity contribution in [2.75, 3.05) is 11.9 Å². The highest BCUT2D eigenvalue weighted by Crippen LogP contribution is 2.13. The van der Waals surface area contributed by atoms with Gasteiger partial charge in [0.15, 0.2) is 0 Å². The largest absolute Gasteiger partial charge is 0.394 e. The highest BCUT2D eigenvalue weighted by molar-refractivity contribution is 5.92. The summed E-state index contributed by atoms with van der Waals surface area (Å²) >= 11 is 0. The molecule has 0 saturated carbocycles. The van der Waals surface area contributed by atoms with Gasteiger partial charge in [0, 0.05) is 18.7 Å². The Morgan fingerprint density at radius 2 is 1.75 bits per heavy atom. The second-order valence-corrected chi connectivity index (χ2v) is 5.29. The molecule has 0 fully saturated rings. The van der Waals surface area contributed by atoms with Crippen LogP contribution < -0.4 is 10.6 Å². The summed E-state index contributed by atoms with van der Waals surface area (Å²) in [6, 6.07) is 16.0. The number of hydrogen-bond donors (Lipinski definition) is 3. The zero-order valence-corrected chi connectivity index (χ0v) is 13.4. The summed E-state index contributed by atoms with van der Waals surface area (Å²) in [5.74, 6) is -0.419. The average molecular weight is 324 g/mol. The summed E-state index contributed by atoms with van der Waals surface area (Å²) in [6.45, 7) is 1.28. The topological polar surface area (TPSA) is 78.4 Å². The number of hydrogen-bond acceptors (Lipinski definition) is 3. The van der Waals surface area contributed by atoms with Gasteiger partial charge in [-0.25, -0.2) is 0 Å². The van der Waals surface area contributed by atoms with Crippen LogP contribution in [0.2, 0.25) is 0 Å². The predicted molar refractivity (Wildman–Crippen MR) is 94.2 cm³/mol. The third kappa shape index (κ3) is 5.37. The van der Waals surface area contributed by atoms with Crippen LogP contribution in [0.15, 0.2) is 60.7 Å². The highest BCUT2D eigenvalue weighted by Gasteiger charge is 2.11. The lowest BCUT2D eigenvalue weighted by atomic mass is 10.1. The summed E-state index contributed by atoms with van der Waals surface area (Å²) in [7, 11) is 0. The van der Waals surface area contributed by atoms with Crippen molar-refractivity contribution in [2.24, 2.45) is 0 Å². The minimum Gasteiger partial charge on any atom is -0.394 e. The summed E-state index contributed by atoms with van der Waals surface area (Å²) in [5.41, 5.74) is 2.38. The molecular formula is C19H20N2O3. The number of carbonyl (C=O) groups is 2. The van der Waals surface area contributed by atoms with E-state index in [9.17, 15) is 14.7 Å². The van der Waals surface area contributed by atoms with Crippen LogP contribution in [0.5, 0.6) is 0 Å². The van der Waals surface area contributed by atoms with E-state index < -0.39 is 6.04 Å². The molecule has 2 aromatic carbocycles. The first-order chi connectivity index (χ1) is 11.6. The van der Waals surface area contributed by atoms with E-state index in [4.69, 9.17) is 0 Å². The fourth-order valence-electron chi connectivity index (χ4n) is 2.19. The summed E-state index contributed by atoms with van der Waals surface area (Å²) < 4.78 is 0. The fraction of sp³-hybridized carbons (Fsp3) is 0.158. The van der Waals surface area contributed by atoms with Gasteiger partial charge in [-0.2, -0.15) is 0 Å². The van der Waals surface area contributed by atoms with Gasteiger partial charge in [0.05, 0.1) is 12.6 Å². The van der Waals surface area contributed by atoms with E-state index in [0.29, 0.717) is 5.69 Å². The molecule has 5 nitrogen and oxygen atoms in total. The van der Waals surface area contributed by atoms with E-state index >= 15 is 0 Å². The molecule has 0 spiro atoms. The van der Waals surface area contributed by atoms with Gasteiger partial charge in [0.1, 0.15) is 0 Å². The maximum absolute atomic E-state index is 12.0.